The van der Waals surface area contributed by atoms with E-state index in [1.807, 2.05) is 13.0 Å². The number of nitrogens with one attached hydrogen (secondary N) is 1. The molecule has 0 aliphatic rings. The number of ether oxygens (including phenoxy) is 3. The highest BCUT2D eigenvalue weighted by molar-refractivity contribution is 7.19. The summed E-state index contributed by atoms with van der Waals surface area (Å²) in [5.41, 5.74) is 1.33. The van der Waals surface area contributed by atoms with Crippen molar-refractivity contribution in [3.63, 3.8) is 0 Å². The van der Waals surface area contributed by atoms with Gasteiger partial charge in [0.05, 0.1) is 32.3 Å². The minimum Gasteiger partial charge on any atom is -0.493 e. The Kier molecular flexibility index (Phi) is 5.53. The number of fused-ring (bicyclic) bond motifs is 1. The molecule has 0 aliphatic carbocycles. The first-order chi connectivity index (χ1) is 13.7. The third-order valence-corrected chi connectivity index (χ3v) is 5.42. The van der Waals surface area contributed by atoms with Crippen molar-refractivity contribution in [2.75, 3.05) is 26.6 Å². The van der Waals surface area contributed by atoms with E-state index in [1.54, 1.807) is 27.4 Å². The van der Waals surface area contributed by atoms with Gasteiger partial charge in [0, 0.05) is 5.54 Å². The van der Waals surface area contributed by atoms with Crippen LogP contribution in [0, 0.1) is 18.3 Å². The van der Waals surface area contributed by atoms with Crippen molar-refractivity contribution in [3.8, 4) is 34.7 Å². The Balaban J connectivity index is 2.33. The van der Waals surface area contributed by atoms with Gasteiger partial charge < -0.3 is 19.5 Å². The van der Waals surface area contributed by atoms with Crippen LogP contribution in [0.15, 0.2) is 12.1 Å². The van der Waals surface area contributed by atoms with Crippen LogP contribution in [0.1, 0.15) is 31.2 Å². The largest absolute Gasteiger partial charge is 0.493 e. The Morgan fingerprint density at radius 2 is 1.72 bits per heavy atom. The summed E-state index contributed by atoms with van der Waals surface area (Å²) in [6.45, 7) is 8.10. The molecule has 0 saturated carbocycles. The molecule has 8 heteroatoms. The van der Waals surface area contributed by atoms with Gasteiger partial charge in [-0.15, -0.1) is 11.3 Å². The minimum absolute atomic E-state index is 0.221. The zero-order valence-corrected chi connectivity index (χ0v) is 18.4. The second-order valence-electron chi connectivity index (χ2n) is 7.50. The number of aryl methyl sites for hydroxylation is 1. The lowest BCUT2D eigenvalue weighted by Crippen LogP contribution is -2.27. The summed E-state index contributed by atoms with van der Waals surface area (Å²) in [4.78, 5) is 10.9. The lowest BCUT2D eigenvalue weighted by Gasteiger charge is -2.22. The number of hydrogen-bond acceptors (Lipinski definition) is 8. The maximum absolute atomic E-state index is 9.48. The zero-order chi connectivity index (χ0) is 21.3. The Morgan fingerprint density at radius 3 is 2.28 bits per heavy atom. The molecule has 152 valence electrons. The zero-order valence-electron chi connectivity index (χ0n) is 17.6. The first kappa shape index (κ1) is 20.7. The Bertz CT molecular complexity index is 1110. The first-order valence-corrected chi connectivity index (χ1v) is 9.84. The van der Waals surface area contributed by atoms with E-state index in [1.165, 1.54) is 11.3 Å². The van der Waals surface area contributed by atoms with Gasteiger partial charge in [0.2, 0.25) is 5.75 Å². The van der Waals surface area contributed by atoms with Crippen LogP contribution in [0.5, 0.6) is 17.2 Å². The monoisotopic (exact) mass is 412 g/mol. The van der Waals surface area contributed by atoms with Crippen molar-refractivity contribution in [1.82, 2.24) is 9.97 Å². The van der Waals surface area contributed by atoms with Crippen LogP contribution >= 0.6 is 11.3 Å². The molecule has 0 bridgehead atoms. The standard InChI is InChI=1S/C21H24N4O3S/c1-11-14(10-22)29-20-15(11)19(25-21(2,3)4)23-18(24-20)12-8-9-13(26-5)17(28-7)16(12)27-6/h8-9H,1-7H3,(H,23,24,25). The topological polar surface area (TPSA) is 89.3 Å². The van der Waals surface area contributed by atoms with Crippen molar-refractivity contribution in [2.24, 2.45) is 0 Å². The number of aromatic nitrogens is 2. The summed E-state index contributed by atoms with van der Waals surface area (Å²) < 4.78 is 16.5. The number of methoxy groups -OCH3 is 3. The number of thiophene rings is 1. The van der Waals surface area contributed by atoms with Crippen molar-refractivity contribution >= 4 is 27.4 Å². The minimum atomic E-state index is -0.221. The number of hydrogen-bond donors (Lipinski definition) is 1. The average Bonchev–Trinajstić information content (AvgIpc) is 3.01. The number of nitrogens with zero attached hydrogens (tertiary/aromatic N) is 3. The van der Waals surface area contributed by atoms with Crippen LogP contribution in [0.25, 0.3) is 21.6 Å². The summed E-state index contributed by atoms with van der Waals surface area (Å²) in [6.07, 6.45) is 0. The molecule has 0 atom stereocenters. The first-order valence-electron chi connectivity index (χ1n) is 9.02. The van der Waals surface area contributed by atoms with Crippen LogP contribution in [-0.2, 0) is 0 Å². The SMILES string of the molecule is COc1ccc(-c2nc(NC(C)(C)C)c3c(C)c(C#N)sc3n2)c(OC)c1OC. The summed E-state index contributed by atoms with van der Waals surface area (Å²) >= 11 is 1.35. The molecule has 0 saturated heterocycles. The molecule has 7 nitrogen and oxygen atoms in total. The Morgan fingerprint density at radius 1 is 1.03 bits per heavy atom. The number of nitriles is 1. The van der Waals surface area contributed by atoms with Crippen LogP contribution in [-0.4, -0.2) is 36.8 Å². The smallest absolute Gasteiger partial charge is 0.204 e. The molecule has 0 radical (unpaired) electrons. The lowest BCUT2D eigenvalue weighted by molar-refractivity contribution is 0.325. The van der Waals surface area contributed by atoms with Gasteiger partial charge in [0.15, 0.2) is 17.3 Å². The van der Waals surface area contributed by atoms with Crippen molar-refractivity contribution < 1.29 is 14.2 Å². The second-order valence-corrected chi connectivity index (χ2v) is 8.50. The second kappa shape index (κ2) is 7.76. The lowest BCUT2D eigenvalue weighted by atomic mass is 10.1. The molecule has 29 heavy (non-hydrogen) atoms. The molecule has 0 aliphatic heterocycles. The molecule has 3 rings (SSSR count). The van der Waals surface area contributed by atoms with Gasteiger partial charge in [0.1, 0.15) is 21.6 Å². The fraction of sp³-hybridized carbons (Fsp3) is 0.381. The third-order valence-electron chi connectivity index (χ3n) is 4.33. The van der Waals surface area contributed by atoms with E-state index in [4.69, 9.17) is 24.2 Å². The van der Waals surface area contributed by atoms with Crippen molar-refractivity contribution in [2.45, 2.75) is 33.2 Å². The predicted octanol–water partition coefficient (Wildman–Crippen LogP) is 4.77. The summed E-state index contributed by atoms with van der Waals surface area (Å²) in [5.74, 6) is 2.68. The molecule has 2 aromatic heterocycles. The predicted molar refractivity (Wildman–Crippen MR) is 115 cm³/mol. The van der Waals surface area contributed by atoms with E-state index in [9.17, 15) is 5.26 Å². The Hall–Kier alpha value is -3.05. The summed E-state index contributed by atoms with van der Waals surface area (Å²) in [5, 5.41) is 13.8. The third kappa shape index (κ3) is 3.78. The molecule has 2 heterocycles. The molecule has 0 unspecified atom stereocenters. The van der Waals surface area contributed by atoms with E-state index in [-0.39, 0.29) is 5.54 Å². The number of anilines is 1. The van der Waals surface area contributed by atoms with E-state index in [2.05, 4.69) is 32.2 Å². The Labute approximate surface area is 174 Å². The average molecular weight is 413 g/mol. The van der Waals surface area contributed by atoms with Gasteiger partial charge in [-0.2, -0.15) is 5.26 Å². The fourth-order valence-electron chi connectivity index (χ4n) is 3.09. The van der Waals surface area contributed by atoms with Crippen molar-refractivity contribution in [3.05, 3.63) is 22.6 Å². The van der Waals surface area contributed by atoms with Gasteiger partial charge in [0.25, 0.3) is 0 Å². The highest BCUT2D eigenvalue weighted by Gasteiger charge is 2.23. The van der Waals surface area contributed by atoms with E-state index >= 15 is 0 Å². The van der Waals surface area contributed by atoms with Gasteiger partial charge in [-0.05, 0) is 45.4 Å². The molecule has 0 fully saturated rings. The molecule has 3 aromatic rings. The molecule has 1 N–H and O–H groups in total. The van der Waals surface area contributed by atoms with Crippen LogP contribution in [0.3, 0.4) is 0 Å². The summed E-state index contributed by atoms with van der Waals surface area (Å²) in [6, 6.07) is 5.89. The molecule has 1 aromatic carbocycles. The van der Waals surface area contributed by atoms with E-state index in [0.717, 1.165) is 15.8 Å². The van der Waals surface area contributed by atoms with Gasteiger partial charge in [-0.1, -0.05) is 0 Å². The maximum Gasteiger partial charge on any atom is 0.204 e. The highest BCUT2D eigenvalue weighted by atomic mass is 32.1. The number of rotatable bonds is 5. The van der Waals surface area contributed by atoms with Crippen LogP contribution in [0.2, 0.25) is 0 Å². The van der Waals surface area contributed by atoms with Gasteiger partial charge in [-0.25, -0.2) is 9.97 Å². The van der Waals surface area contributed by atoms with E-state index < -0.39 is 0 Å². The highest BCUT2D eigenvalue weighted by Crippen LogP contribution is 2.44. The van der Waals surface area contributed by atoms with Gasteiger partial charge >= 0.3 is 0 Å². The van der Waals surface area contributed by atoms with Crippen molar-refractivity contribution in [1.29, 1.82) is 5.26 Å². The van der Waals surface area contributed by atoms with Gasteiger partial charge in [-0.3, -0.25) is 0 Å². The molecule has 0 spiro atoms. The van der Waals surface area contributed by atoms with E-state index in [0.29, 0.717) is 39.3 Å². The molecular formula is C21H24N4O3S. The normalized spacial score (nSPS) is 11.2. The maximum atomic E-state index is 9.48. The fourth-order valence-corrected chi connectivity index (χ4v) is 4.07. The number of benzene rings is 1. The summed E-state index contributed by atoms with van der Waals surface area (Å²) in [7, 11) is 4.70. The molecule has 0 amide bonds. The molecular weight excluding hydrogens is 388 g/mol. The van der Waals surface area contributed by atoms with Crippen LogP contribution in [0.4, 0.5) is 5.82 Å². The quantitative estimate of drug-likeness (QED) is 0.645. The van der Waals surface area contributed by atoms with Crippen LogP contribution < -0.4 is 19.5 Å².